The first-order chi connectivity index (χ1) is 7.74. The number of nitrogens with one attached hydrogen (secondary N) is 1. The average Bonchev–Trinajstić information content (AvgIpc) is 2.13. The first kappa shape index (κ1) is 19.3. The second-order valence-electron chi connectivity index (χ2n) is 3.50. The fourth-order valence-corrected chi connectivity index (χ4v) is 1.18. The van der Waals surface area contributed by atoms with E-state index in [2.05, 4.69) is 0 Å². The molecular weight excluding hydrogens is 277 g/mol. The predicted octanol–water partition coefficient (Wildman–Crippen LogP) is 0.883. The average molecular weight is 293 g/mol. The van der Waals surface area contributed by atoms with Gasteiger partial charge in [-0.25, -0.2) is 0 Å². The number of hydrogen-bond donors (Lipinski definition) is 2. The molecule has 0 rings (SSSR count). The van der Waals surface area contributed by atoms with Crippen LogP contribution in [-0.2, 0) is 9.59 Å². The molecule has 0 aromatic rings. The van der Waals surface area contributed by atoms with Crippen molar-refractivity contribution in [2.45, 2.75) is 19.5 Å². The maximum absolute atomic E-state index is 11.8. The van der Waals surface area contributed by atoms with E-state index < -0.39 is 24.6 Å². The highest BCUT2D eigenvalue weighted by Gasteiger charge is 2.28. The van der Waals surface area contributed by atoms with Crippen LogP contribution in [0.4, 0.5) is 13.2 Å². The van der Waals surface area contributed by atoms with Crippen LogP contribution in [0.5, 0.6) is 0 Å². The van der Waals surface area contributed by atoms with Crippen molar-refractivity contribution in [3.63, 3.8) is 0 Å². The number of rotatable bonds is 7. The molecule has 9 heteroatoms. The molecule has 0 aliphatic carbocycles. The molecule has 0 bridgehead atoms. The highest BCUT2D eigenvalue weighted by atomic mass is 35.5. The summed E-state index contributed by atoms with van der Waals surface area (Å²) in [5, 5.41) is 10.2. The van der Waals surface area contributed by atoms with E-state index in [1.54, 1.807) is 12.2 Å². The first-order valence-corrected chi connectivity index (χ1v) is 5.02. The smallest absolute Gasteiger partial charge is 0.405 e. The van der Waals surface area contributed by atoms with E-state index in [-0.39, 0.29) is 25.5 Å². The number of halogens is 4. The summed E-state index contributed by atoms with van der Waals surface area (Å²) in [6.45, 7) is -0.00340. The molecule has 0 aliphatic rings. The number of carbonyl (C=O) groups is 2. The lowest BCUT2D eigenvalue weighted by Crippen LogP contribution is -2.42. The highest BCUT2D eigenvalue weighted by Crippen LogP contribution is 2.11. The van der Waals surface area contributed by atoms with E-state index in [1.165, 1.54) is 4.90 Å². The van der Waals surface area contributed by atoms with Crippen molar-refractivity contribution in [3.05, 3.63) is 0 Å². The summed E-state index contributed by atoms with van der Waals surface area (Å²) < 4.78 is 35.4. The Morgan fingerprint density at radius 2 is 1.83 bits per heavy atom. The number of carboxylic acids is 1. The minimum Gasteiger partial charge on any atom is -0.480 e. The van der Waals surface area contributed by atoms with Crippen molar-refractivity contribution in [1.29, 1.82) is 0 Å². The molecule has 0 aliphatic heterocycles. The molecule has 0 atom stereocenters. The Hall–Kier alpha value is -1.02. The zero-order valence-electron chi connectivity index (χ0n) is 9.79. The SMILES string of the molecule is CCCN(CC(=O)O)CC(=O)NCC(F)(F)F.Cl. The number of carbonyl (C=O) groups excluding carboxylic acids is 1. The van der Waals surface area contributed by atoms with Gasteiger partial charge in [0.2, 0.25) is 5.91 Å². The number of hydrogen-bond acceptors (Lipinski definition) is 3. The molecule has 0 aromatic carbocycles. The quantitative estimate of drug-likeness (QED) is 0.731. The van der Waals surface area contributed by atoms with Crippen LogP contribution < -0.4 is 5.32 Å². The van der Waals surface area contributed by atoms with Crippen LogP contribution in [-0.4, -0.2) is 54.2 Å². The van der Waals surface area contributed by atoms with E-state index in [0.29, 0.717) is 13.0 Å². The lowest BCUT2D eigenvalue weighted by molar-refractivity contribution is -0.141. The Kier molecular flexibility index (Phi) is 9.64. The van der Waals surface area contributed by atoms with Gasteiger partial charge in [-0.15, -0.1) is 12.4 Å². The molecular formula is C9H16ClF3N2O3. The summed E-state index contributed by atoms with van der Waals surface area (Å²) >= 11 is 0. The molecule has 0 spiro atoms. The molecule has 0 saturated heterocycles. The van der Waals surface area contributed by atoms with Crippen molar-refractivity contribution in [3.8, 4) is 0 Å². The van der Waals surface area contributed by atoms with E-state index in [4.69, 9.17) is 5.11 Å². The van der Waals surface area contributed by atoms with Gasteiger partial charge >= 0.3 is 12.1 Å². The van der Waals surface area contributed by atoms with Crippen molar-refractivity contribution in [2.24, 2.45) is 0 Å². The van der Waals surface area contributed by atoms with Gasteiger partial charge in [0.15, 0.2) is 0 Å². The first-order valence-electron chi connectivity index (χ1n) is 5.02. The van der Waals surface area contributed by atoms with Crippen molar-refractivity contribution in [2.75, 3.05) is 26.2 Å². The summed E-state index contributed by atoms with van der Waals surface area (Å²) in [5.41, 5.74) is 0. The van der Waals surface area contributed by atoms with Crippen molar-refractivity contribution in [1.82, 2.24) is 10.2 Å². The molecule has 0 saturated carbocycles. The van der Waals surface area contributed by atoms with E-state index >= 15 is 0 Å². The monoisotopic (exact) mass is 292 g/mol. The third kappa shape index (κ3) is 11.5. The van der Waals surface area contributed by atoms with Gasteiger partial charge in [-0.05, 0) is 13.0 Å². The Bertz CT molecular complexity index is 274. The summed E-state index contributed by atoms with van der Waals surface area (Å²) in [4.78, 5) is 22.8. The zero-order chi connectivity index (χ0) is 13.5. The summed E-state index contributed by atoms with van der Waals surface area (Å²) in [5.74, 6) is -1.96. The second-order valence-corrected chi connectivity index (χ2v) is 3.50. The Balaban J connectivity index is 0. The van der Waals surface area contributed by atoms with Crippen molar-refractivity contribution >= 4 is 24.3 Å². The minimum absolute atomic E-state index is 0. The molecule has 0 fully saturated rings. The highest BCUT2D eigenvalue weighted by molar-refractivity contribution is 5.85. The zero-order valence-corrected chi connectivity index (χ0v) is 10.6. The van der Waals surface area contributed by atoms with Crippen LogP contribution in [0.1, 0.15) is 13.3 Å². The van der Waals surface area contributed by atoms with Gasteiger partial charge < -0.3 is 10.4 Å². The normalized spacial score (nSPS) is 10.9. The predicted molar refractivity (Wildman–Crippen MR) is 60.7 cm³/mol. The molecule has 5 nitrogen and oxygen atoms in total. The van der Waals surface area contributed by atoms with Gasteiger partial charge in [-0.1, -0.05) is 6.92 Å². The van der Waals surface area contributed by atoms with Gasteiger partial charge in [0, 0.05) is 0 Å². The summed E-state index contributed by atoms with van der Waals surface area (Å²) in [6, 6.07) is 0. The molecule has 18 heavy (non-hydrogen) atoms. The summed E-state index contributed by atoms with van der Waals surface area (Å²) in [6.07, 6.45) is -3.85. The Labute approximate surface area is 109 Å². The molecule has 108 valence electrons. The maximum Gasteiger partial charge on any atom is 0.405 e. The van der Waals surface area contributed by atoms with Gasteiger partial charge in [0.1, 0.15) is 6.54 Å². The molecule has 0 unspecified atom stereocenters. The standard InChI is InChI=1S/C9H15F3N2O3.ClH/c1-2-3-14(5-8(16)17)4-7(15)13-6-9(10,11)12;/h2-6H2,1H3,(H,13,15)(H,16,17);1H. The van der Waals surface area contributed by atoms with Crippen molar-refractivity contribution < 1.29 is 27.9 Å². The maximum atomic E-state index is 11.8. The number of carboxylic acid groups (broad SMARTS) is 1. The van der Waals surface area contributed by atoms with Crippen LogP contribution in [0.3, 0.4) is 0 Å². The largest absolute Gasteiger partial charge is 0.480 e. The fourth-order valence-electron chi connectivity index (χ4n) is 1.18. The third-order valence-corrected chi connectivity index (χ3v) is 1.75. The number of nitrogens with zero attached hydrogens (tertiary/aromatic N) is 1. The molecule has 0 radical (unpaired) electrons. The lowest BCUT2D eigenvalue weighted by Gasteiger charge is -2.19. The topological polar surface area (TPSA) is 69.6 Å². The molecule has 0 heterocycles. The summed E-state index contributed by atoms with van der Waals surface area (Å²) in [7, 11) is 0. The van der Waals surface area contributed by atoms with Gasteiger partial charge in [0.05, 0.1) is 13.1 Å². The molecule has 1 amide bonds. The lowest BCUT2D eigenvalue weighted by atomic mass is 10.3. The third-order valence-electron chi connectivity index (χ3n) is 1.75. The van der Waals surface area contributed by atoms with Crippen LogP contribution in [0.25, 0.3) is 0 Å². The van der Waals surface area contributed by atoms with Crippen LogP contribution in [0.15, 0.2) is 0 Å². The number of alkyl halides is 3. The van der Waals surface area contributed by atoms with Crippen LogP contribution in [0, 0.1) is 0 Å². The van der Waals surface area contributed by atoms with Gasteiger partial charge in [-0.2, -0.15) is 13.2 Å². The Morgan fingerprint density at radius 3 is 2.22 bits per heavy atom. The van der Waals surface area contributed by atoms with E-state index in [1.807, 2.05) is 0 Å². The minimum atomic E-state index is -4.46. The fraction of sp³-hybridized carbons (Fsp3) is 0.778. The van der Waals surface area contributed by atoms with Gasteiger partial charge in [-0.3, -0.25) is 14.5 Å². The van der Waals surface area contributed by atoms with E-state index in [9.17, 15) is 22.8 Å². The molecule has 0 aromatic heterocycles. The number of amides is 1. The van der Waals surface area contributed by atoms with Crippen LogP contribution >= 0.6 is 12.4 Å². The second kappa shape index (κ2) is 8.98. The molecule has 2 N–H and O–H groups in total. The number of aliphatic carboxylic acids is 1. The van der Waals surface area contributed by atoms with E-state index in [0.717, 1.165) is 0 Å². The Morgan fingerprint density at radius 1 is 1.28 bits per heavy atom. The van der Waals surface area contributed by atoms with Gasteiger partial charge in [0.25, 0.3) is 0 Å². The van der Waals surface area contributed by atoms with Crippen LogP contribution in [0.2, 0.25) is 0 Å².